The van der Waals surface area contributed by atoms with Gasteiger partial charge in [0.25, 0.3) is 5.91 Å². The standard InChI is InChI=1S/C23H24ClN3O3/c1-16(17-7-4-3-5-8-17)26-21-11-10-18(15-20(21)24)27-22(28)19-9-6-12-25-23(19)30-14-13-29-2/h3-12,15-16,26H,13-14H2,1-2H3,(H,27,28)/t16-/m0/s1. The minimum Gasteiger partial charge on any atom is -0.475 e. The van der Waals surface area contributed by atoms with E-state index in [1.54, 1.807) is 37.6 Å². The summed E-state index contributed by atoms with van der Waals surface area (Å²) in [6.07, 6.45) is 1.57. The predicted molar refractivity (Wildman–Crippen MR) is 119 cm³/mol. The van der Waals surface area contributed by atoms with Gasteiger partial charge in [-0.3, -0.25) is 4.79 Å². The van der Waals surface area contributed by atoms with E-state index in [4.69, 9.17) is 21.1 Å². The predicted octanol–water partition coefficient (Wildman–Crippen LogP) is 5.19. The molecule has 6 nitrogen and oxygen atoms in total. The van der Waals surface area contributed by atoms with E-state index in [1.807, 2.05) is 24.3 Å². The number of hydrogen-bond donors (Lipinski definition) is 2. The molecule has 1 amide bonds. The number of carbonyl (C=O) groups excluding carboxylic acids is 1. The van der Waals surface area contributed by atoms with Gasteiger partial charge in [0.2, 0.25) is 5.88 Å². The number of rotatable bonds is 9. The van der Waals surface area contributed by atoms with Gasteiger partial charge in [0.15, 0.2) is 0 Å². The van der Waals surface area contributed by atoms with Crippen LogP contribution in [-0.4, -0.2) is 31.2 Å². The summed E-state index contributed by atoms with van der Waals surface area (Å²) >= 11 is 6.44. The highest BCUT2D eigenvalue weighted by atomic mass is 35.5. The van der Waals surface area contributed by atoms with Crippen molar-refractivity contribution in [3.63, 3.8) is 0 Å². The molecule has 2 aromatic carbocycles. The first-order valence-corrected chi connectivity index (χ1v) is 9.95. The molecule has 0 aliphatic heterocycles. The van der Waals surface area contributed by atoms with Crippen molar-refractivity contribution in [1.29, 1.82) is 0 Å². The summed E-state index contributed by atoms with van der Waals surface area (Å²) in [5.41, 5.74) is 2.86. The van der Waals surface area contributed by atoms with Gasteiger partial charge in [0, 0.05) is 25.0 Å². The lowest BCUT2D eigenvalue weighted by Gasteiger charge is -2.17. The molecule has 0 bridgehead atoms. The summed E-state index contributed by atoms with van der Waals surface area (Å²) in [5.74, 6) is -0.0712. The fraction of sp³-hybridized carbons (Fsp3) is 0.217. The highest BCUT2D eigenvalue weighted by molar-refractivity contribution is 6.33. The first kappa shape index (κ1) is 21.6. The number of amides is 1. The third-order valence-electron chi connectivity index (χ3n) is 4.44. The lowest BCUT2D eigenvalue weighted by molar-refractivity contribution is 0.101. The van der Waals surface area contributed by atoms with Crippen molar-refractivity contribution < 1.29 is 14.3 Å². The van der Waals surface area contributed by atoms with Crippen molar-refractivity contribution in [2.45, 2.75) is 13.0 Å². The number of anilines is 2. The van der Waals surface area contributed by atoms with E-state index in [9.17, 15) is 4.79 Å². The number of benzene rings is 2. The van der Waals surface area contributed by atoms with E-state index >= 15 is 0 Å². The Morgan fingerprint density at radius 3 is 2.63 bits per heavy atom. The molecule has 7 heteroatoms. The van der Waals surface area contributed by atoms with Gasteiger partial charge in [-0.2, -0.15) is 0 Å². The molecule has 30 heavy (non-hydrogen) atoms. The molecule has 0 aliphatic rings. The third kappa shape index (κ3) is 5.72. The molecule has 0 aliphatic carbocycles. The van der Waals surface area contributed by atoms with Crippen LogP contribution in [-0.2, 0) is 4.74 Å². The van der Waals surface area contributed by atoms with Gasteiger partial charge in [-0.25, -0.2) is 4.98 Å². The van der Waals surface area contributed by atoms with Gasteiger partial charge in [-0.15, -0.1) is 0 Å². The molecule has 0 spiro atoms. The van der Waals surface area contributed by atoms with Crippen molar-refractivity contribution in [2.75, 3.05) is 31.0 Å². The number of pyridine rings is 1. The van der Waals surface area contributed by atoms with E-state index in [0.717, 1.165) is 11.3 Å². The minimum absolute atomic E-state index is 0.0892. The minimum atomic E-state index is -0.329. The lowest BCUT2D eigenvalue weighted by Crippen LogP contribution is -2.16. The van der Waals surface area contributed by atoms with Crippen molar-refractivity contribution >= 4 is 28.9 Å². The zero-order valence-corrected chi connectivity index (χ0v) is 17.6. The first-order chi connectivity index (χ1) is 14.6. The molecule has 156 valence electrons. The molecule has 0 saturated carbocycles. The fourth-order valence-corrected chi connectivity index (χ4v) is 3.10. The average molecular weight is 426 g/mol. The van der Waals surface area contributed by atoms with Crippen molar-refractivity contribution in [3.8, 4) is 5.88 Å². The second kappa shape index (κ2) is 10.6. The van der Waals surface area contributed by atoms with E-state index in [-0.39, 0.29) is 17.8 Å². The quantitative estimate of drug-likeness (QED) is 0.462. The molecular weight excluding hydrogens is 402 g/mol. The topological polar surface area (TPSA) is 72.5 Å². The SMILES string of the molecule is COCCOc1ncccc1C(=O)Nc1ccc(N[C@@H](C)c2ccccc2)c(Cl)c1. The number of nitrogens with zero attached hydrogens (tertiary/aromatic N) is 1. The summed E-state index contributed by atoms with van der Waals surface area (Å²) in [6, 6.07) is 18.9. The maximum absolute atomic E-state index is 12.7. The van der Waals surface area contributed by atoms with Crippen LogP contribution in [0.1, 0.15) is 28.9 Å². The van der Waals surface area contributed by atoms with E-state index in [1.165, 1.54) is 0 Å². The molecular formula is C23H24ClN3O3. The highest BCUT2D eigenvalue weighted by Gasteiger charge is 2.15. The largest absolute Gasteiger partial charge is 0.475 e. The van der Waals surface area contributed by atoms with Crippen molar-refractivity contribution in [1.82, 2.24) is 4.98 Å². The van der Waals surface area contributed by atoms with Crippen LogP contribution in [0, 0.1) is 0 Å². The zero-order valence-electron chi connectivity index (χ0n) is 16.9. The van der Waals surface area contributed by atoms with E-state index in [2.05, 4.69) is 34.7 Å². The molecule has 0 saturated heterocycles. The summed E-state index contributed by atoms with van der Waals surface area (Å²) in [7, 11) is 1.58. The Hall–Kier alpha value is -3.09. The second-order valence-corrected chi connectivity index (χ2v) is 7.03. The van der Waals surface area contributed by atoms with Gasteiger partial charge in [-0.05, 0) is 42.8 Å². The van der Waals surface area contributed by atoms with Crippen LogP contribution >= 0.6 is 11.6 Å². The van der Waals surface area contributed by atoms with Crippen LogP contribution in [0.25, 0.3) is 0 Å². The molecule has 1 atom stereocenters. The van der Waals surface area contributed by atoms with Gasteiger partial charge < -0.3 is 20.1 Å². The Kier molecular flexibility index (Phi) is 7.65. The number of hydrogen-bond acceptors (Lipinski definition) is 5. The Morgan fingerprint density at radius 1 is 1.10 bits per heavy atom. The van der Waals surface area contributed by atoms with Gasteiger partial charge in [-0.1, -0.05) is 41.9 Å². The fourth-order valence-electron chi connectivity index (χ4n) is 2.87. The Morgan fingerprint density at radius 2 is 1.90 bits per heavy atom. The van der Waals surface area contributed by atoms with Gasteiger partial charge in [0.05, 0.1) is 17.3 Å². The lowest BCUT2D eigenvalue weighted by atomic mass is 10.1. The summed E-state index contributed by atoms with van der Waals surface area (Å²) < 4.78 is 10.5. The Bertz CT molecular complexity index is 982. The zero-order chi connectivity index (χ0) is 21.3. The Balaban J connectivity index is 1.68. The normalized spacial score (nSPS) is 11.6. The van der Waals surface area contributed by atoms with Gasteiger partial charge >= 0.3 is 0 Å². The summed E-state index contributed by atoms with van der Waals surface area (Å²) in [5, 5.41) is 6.74. The maximum Gasteiger partial charge on any atom is 0.261 e. The van der Waals surface area contributed by atoms with Crippen LogP contribution in [0.2, 0.25) is 5.02 Å². The Labute approximate surface area is 181 Å². The van der Waals surface area contributed by atoms with Gasteiger partial charge in [0.1, 0.15) is 12.2 Å². The maximum atomic E-state index is 12.7. The summed E-state index contributed by atoms with van der Waals surface area (Å²) in [6.45, 7) is 2.78. The monoisotopic (exact) mass is 425 g/mol. The van der Waals surface area contributed by atoms with Crippen molar-refractivity contribution in [2.24, 2.45) is 0 Å². The van der Waals surface area contributed by atoms with Crippen LogP contribution in [0.15, 0.2) is 66.9 Å². The number of methoxy groups -OCH3 is 1. The third-order valence-corrected chi connectivity index (χ3v) is 4.75. The molecule has 0 radical (unpaired) electrons. The molecule has 1 heterocycles. The second-order valence-electron chi connectivity index (χ2n) is 6.62. The molecule has 3 rings (SSSR count). The van der Waals surface area contributed by atoms with Crippen LogP contribution in [0.5, 0.6) is 5.88 Å². The first-order valence-electron chi connectivity index (χ1n) is 9.57. The number of halogens is 1. The molecule has 0 fully saturated rings. The van der Waals surface area contributed by atoms with E-state index < -0.39 is 0 Å². The van der Waals surface area contributed by atoms with Crippen LogP contribution < -0.4 is 15.4 Å². The van der Waals surface area contributed by atoms with Crippen LogP contribution in [0.3, 0.4) is 0 Å². The van der Waals surface area contributed by atoms with Crippen molar-refractivity contribution in [3.05, 3.63) is 83.0 Å². The number of carbonyl (C=O) groups is 1. The molecule has 2 N–H and O–H groups in total. The average Bonchev–Trinajstić information content (AvgIpc) is 2.76. The molecule has 3 aromatic rings. The van der Waals surface area contributed by atoms with E-state index in [0.29, 0.717) is 29.5 Å². The number of aromatic nitrogens is 1. The molecule has 0 unspecified atom stereocenters. The molecule has 1 aromatic heterocycles. The van der Waals surface area contributed by atoms with Crippen LogP contribution in [0.4, 0.5) is 11.4 Å². The summed E-state index contributed by atoms with van der Waals surface area (Å²) in [4.78, 5) is 16.8. The number of ether oxygens (including phenoxy) is 2. The number of nitrogens with one attached hydrogen (secondary N) is 2. The highest BCUT2D eigenvalue weighted by Crippen LogP contribution is 2.29. The smallest absolute Gasteiger partial charge is 0.261 e.